The van der Waals surface area contributed by atoms with E-state index in [4.69, 9.17) is 16.1 Å². The summed E-state index contributed by atoms with van der Waals surface area (Å²) < 4.78 is 5.74. The van der Waals surface area contributed by atoms with Crippen molar-refractivity contribution in [3.05, 3.63) is 84.4 Å². The first-order valence-corrected chi connectivity index (χ1v) is 10.2. The number of aromatic nitrogens is 1. The molecule has 142 valence electrons. The van der Waals surface area contributed by atoms with E-state index in [1.54, 1.807) is 0 Å². The predicted molar refractivity (Wildman–Crippen MR) is 117 cm³/mol. The number of benzene rings is 3. The molecule has 0 aliphatic rings. The van der Waals surface area contributed by atoms with Gasteiger partial charge in [0.25, 0.3) is 0 Å². The molecule has 1 heterocycles. The van der Waals surface area contributed by atoms with Crippen LogP contribution < -0.4 is 4.90 Å². The fourth-order valence-corrected chi connectivity index (χ4v) is 3.65. The SMILES string of the molecule is ClCCCCN(Cc1cccc2ccccc12)c1cc(-c2ccccc2)no1. The van der Waals surface area contributed by atoms with Crippen LogP contribution in [0, 0.1) is 0 Å². The van der Waals surface area contributed by atoms with Crippen molar-refractivity contribution in [1.82, 2.24) is 5.16 Å². The van der Waals surface area contributed by atoms with Crippen molar-refractivity contribution in [1.29, 1.82) is 0 Å². The summed E-state index contributed by atoms with van der Waals surface area (Å²) >= 11 is 5.90. The van der Waals surface area contributed by atoms with Gasteiger partial charge in [-0.1, -0.05) is 78.0 Å². The van der Waals surface area contributed by atoms with Gasteiger partial charge in [0.05, 0.1) is 0 Å². The summed E-state index contributed by atoms with van der Waals surface area (Å²) in [5, 5.41) is 6.82. The zero-order valence-corrected chi connectivity index (χ0v) is 16.5. The summed E-state index contributed by atoms with van der Waals surface area (Å²) in [5.74, 6) is 1.47. The number of unbranched alkanes of at least 4 members (excludes halogenated alkanes) is 1. The third kappa shape index (κ3) is 4.20. The first kappa shape index (κ1) is 18.6. The van der Waals surface area contributed by atoms with Crippen LogP contribution >= 0.6 is 11.6 Å². The number of anilines is 1. The van der Waals surface area contributed by atoms with Gasteiger partial charge in [0, 0.05) is 30.6 Å². The van der Waals surface area contributed by atoms with Gasteiger partial charge in [-0.15, -0.1) is 11.6 Å². The van der Waals surface area contributed by atoms with E-state index in [-0.39, 0.29) is 0 Å². The molecule has 0 fully saturated rings. The molecule has 0 spiro atoms. The van der Waals surface area contributed by atoms with Gasteiger partial charge in [-0.25, -0.2) is 0 Å². The molecule has 0 saturated carbocycles. The Kier molecular flexibility index (Phi) is 5.93. The van der Waals surface area contributed by atoms with Crippen molar-refractivity contribution < 1.29 is 4.52 Å². The Labute approximate surface area is 170 Å². The quantitative estimate of drug-likeness (QED) is 0.253. The zero-order chi connectivity index (χ0) is 19.2. The largest absolute Gasteiger partial charge is 0.338 e. The lowest BCUT2D eigenvalue weighted by molar-refractivity contribution is 0.415. The first-order chi connectivity index (χ1) is 13.8. The molecule has 0 N–H and O–H groups in total. The minimum Gasteiger partial charge on any atom is -0.338 e. The number of halogens is 1. The molecule has 28 heavy (non-hydrogen) atoms. The van der Waals surface area contributed by atoms with Gasteiger partial charge in [0.1, 0.15) is 5.69 Å². The van der Waals surface area contributed by atoms with Crippen LogP contribution in [0.2, 0.25) is 0 Å². The lowest BCUT2D eigenvalue weighted by Gasteiger charge is -2.22. The Morgan fingerprint density at radius 2 is 1.64 bits per heavy atom. The molecular formula is C24H23ClN2O. The van der Waals surface area contributed by atoms with Crippen LogP contribution in [0.15, 0.2) is 83.4 Å². The van der Waals surface area contributed by atoms with E-state index in [0.717, 1.165) is 43.1 Å². The molecule has 0 saturated heterocycles. The summed E-state index contributed by atoms with van der Waals surface area (Å²) in [6, 6.07) is 27.1. The molecule has 3 aromatic carbocycles. The third-order valence-electron chi connectivity index (χ3n) is 4.93. The van der Waals surface area contributed by atoms with Gasteiger partial charge in [-0.05, 0) is 29.2 Å². The molecule has 0 aliphatic carbocycles. The van der Waals surface area contributed by atoms with Crippen LogP contribution in [0.4, 0.5) is 5.88 Å². The van der Waals surface area contributed by atoms with Crippen molar-refractivity contribution in [3.63, 3.8) is 0 Å². The average Bonchev–Trinajstić information content (AvgIpc) is 3.24. The minimum absolute atomic E-state index is 0.674. The zero-order valence-electron chi connectivity index (χ0n) is 15.7. The van der Waals surface area contributed by atoms with Crippen molar-refractivity contribution in [2.24, 2.45) is 0 Å². The summed E-state index contributed by atoms with van der Waals surface area (Å²) in [4.78, 5) is 2.26. The Hall–Kier alpha value is -2.78. The van der Waals surface area contributed by atoms with Crippen LogP contribution in [0.5, 0.6) is 0 Å². The van der Waals surface area contributed by atoms with E-state index in [0.29, 0.717) is 5.88 Å². The second kappa shape index (κ2) is 8.94. The van der Waals surface area contributed by atoms with Gasteiger partial charge in [0.15, 0.2) is 0 Å². The lowest BCUT2D eigenvalue weighted by atomic mass is 10.0. The Bertz CT molecular complexity index is 1020. The molecule has 0 atom stereocenters. The summed E-state index contributed by atoms with van der Waals surface area (Å²) in [6.07, 6.45) is 1.99. The van der Waals surface area contributed by atoms with Gasteiger partial charge in [-0.3, -0.25) is 0 Å². The van der Waals surface area contributed by atoms with Gasteiger partial charge in [-0.2, -0.15) is 0 Å². The van der Waals surface area contributed by atoms with Crippen molar-refractivity contribution in [2.45, 2.75) is 19.4 Å². The standard InChI is InChI=1S/C24H23ClN2O/c25-15-6-7-16-27(18-21-13-8-12-19-9-4-5-14-22(19)21)24-17-23(26-28-24)20-10-2-1-3-11-20/h1-5,8-14,17H,6-7,15-16,18H2. The average molecular weight is 391 g/mol. The maximum atomic E-state index is 5.90. The minimum atomic E-state index is 0.674. The molecule has 4 heteroatoms. The lowest BCUT2D eigenvalue weighted by Crippen LogP contribution is -2.23. The molecular weight excluding hydrogens is 368 g/mol. The summed E-state index contributed by atoms with van der Waals surface area (Å²) in [5.41, 5.74) is 3.20. The highest BCUT2D eigenvalue weighted by Gasteiger charge is 2.15. The Morgan fingerprint density at radius 3 is 2.50 bits per heavy atom. The van der Waals surface area contributed by atoms with Crippen LogP contribution in [-0.4, -0.2) is 17.6 Å². The predicted octanol–water partition coefficient (Wildman–Crippen LogP) is 6.52. The van der Waals surface area contributed by atoms with Crippen LogP contribution in [0.1, 0.15) is 18.4 Å². The number of nitrogens with zero attached hydrogens (tertiary/aromatic N) is 2. The summed E-state index contributed by atoms with van der Waals surface area (Å²) in [6.45, 7) is 1.65. The molecule has 4 rings (SSSR count). The highest BCUT2D eigenvalue weighted by atomic mass is 35.5. The van der Waals surface area contributed by atoms with Gasteiger partial charge < -0.3 is 9.42 Å². The van der Waals surface area contributed by atoms with E-state index in [2.05, 4.69) is 52.5 Å². The number of hydrogen-bond acceptors (Lipinski definition) is 3. The first-order valence-electron chi connectivity index (χ1n) is 9.65. The topological polar surface area (TPSA) is 29.3 Å². The normalized spacial score (nSPS) is 11.0. The molecule has 0 amide bonds. The molecule has 0 unspecified atom stereocenters. The van der Waals surface area contributed by atoms with E-state index < -0.39 is 0 Å². The third-order valence-corrected chi connectivity index (χ3v) is 5.20. The maximum Gasteiger partial charge on any atom is 0.228 e. The smallest absolute Gasteiger partial charge is 0.228 e. The molecule has 1 aromatic heterocycles. The van der Waals surface area contributed by atoms with Gasteiger partial charge >= 0.3 is 0 Å². The molecule has 3 nitrogen and oxygen atoms in total. The monoisotopic (exact) mass is 390 g/mol. The Balaban J connectivity index is 1.63. The fourth-order valence-electron chi connectivity index (χ4n) is 3.46. The number of hydrogen-bond donors (Lipinski definition) is 0. The van der Waals surface area contributed by atoms with E-state index in [1.165, 1.54) is 16.3 Å². The maximum absolute atomic E-state index is 5.90. The molecule has 0 bridgehead atoms. The molecule has 4 aromatic rings. The van der Waals surface area contributed by atoms with Crippen LogP contribution in [0.3, 0.4) is 0 Å². The second-order valence-corrected chi connectivity index (χ2v) is 7.25. The van der Waals surface area contributed by atoms with Crippen molar-refractivity contribution in [3.8, 4) is 11.3 Å². The van der Waals surface area contributed by atoms with Gasteiger partial charge in [0.2, 0.25) is 5.88 Å². The fraction of sp³-hybridized carbons (Fsp3) is 0.208. The van der Waals surface area contributed by atoms with Crippen molar-refractivity contribution >= 4 is 28.3 Å². The molecule has 0 aliphatic heterocycles. The van der Waals surface area contributed by atoms with E-state index >= 15 is 0 Å². The summed E-state index contributed by atoms with van der Waals surface area (Å²) in [7, 11) is 0. The van der Waals surface area contributed by atoms with Crippen LogP contribution in [0.25, 0.3) is 22.0 Å². The number of alkyl halides is 1. The van der Waals surface area contributed by atoms with E-state index in [1.807, 2.05) is 36.4 Å². The number of rotatable bonds is 8. The van der Waals surface area contributed by atoms with Crippen LogP contribution in [-0.2, 0) is 6.54 Å². The second-order valence-electron chi connectivity index (χ2n) is 6.87. The van der Waals surface area contributed by atoms with E-state index in [9.17, 15) is 0 Å². The highest BCUT2D eigenvalue weighted by molar-refractivity contribution is 6.17. The Morgan fingerprint density at radius 1 is 0.857 bits per heavy atom. The molecule has 0 radical (unpaired) electrons. The van der Waals surface area contributed by atoms with Crippen molar-refractivity contribution in [2.75, 3.05) is 17.3 Å². The number of fused-ring (bicyclic) bond motifs is 1. The highest BCUT2D eigenvalue weighted by Crippen LogP contribution is 2.27.